The van der Waals surface area contributed by atoms with Gasteiger partial charge < -0.3 is 52.5 Å². The number of aromatic amines is 2. The van der Waals surface area contributed by atoms with Gasteiger partial charge in [0.2, 0.25) is 0 Å². The summed E-state index contributed by atoms with van der Waals surface area (Å²) in [6, 6.07) is 27.1. The van der Waals surface area contributed by atoms with Crippen LogP contribution >= 0.6 is 0 Å². The van der Waals surface area contributed by atoms with E-state index < -0.39 is 103 Å². The molecule has 20 heteroatoms. The molecule has 76 heavy (non-hydrogen) atoms. The van der Waals surface area contributed by atoms with Crippen LogP contribution in [0.3, 0.4) is 0 Å². The lowest BCUT2D eigenvalue weighted by Gasteiger charge is -2.48. The number of aliphatic hydroxyl groups is 1. The third kappa shape index (κ3) is 10.0. The first kappa shape index (κ1) is 55.2. The minimum absolute atomic E-state index is 0.162. The van der Waals surface area contributed by atoms with Gasteiger partial charge in [0.1, 0.15) is 53.7 Å². The zero-order chi connectivity index (χ0) is 54.6. The van der Waals surface area contributed by atoms with E-state index in [0.717, 1.165) is 16.7 Å². The van der Waals surface area contributed by atoms with Gasteiger partial charge in [-0.05, 0) is 85.3 Å². The molecule has 4 fully saturated rings. The summed E-state index contributed by atoms with van der Waals surface area (Å²) in [6.07, 6.45) is -7.26. The summed E-state index contributed by atoms with van der Waals surface area (Å²) in [5, 5.41) is 12.5. The Bertz CT molecular complexity index is 3010. The zero-order valence-electron chi connectivity index (χ0n) is 45.3. The summed E-state index contributed by atoms with van der Waals surface area (Å²) in [4.78, 5) is 59.4. The average molecular weight is 1070 g/mol. The third-order valence-electron chi connectivity index (χ3n) is 15.8. The van der Waals surface area contributed by atoms with Gasteiger partial charge in [0.05, 0.1) is 59.2 Å². The van der Waals surface area contributed by atoms with Crippen LogP contribution in [0.2, 0.25) is 16.6 Å². The largest absolute Gasteiger partial charge is 0.497 e. The molecule has 3 aromatic carbocycles. The molecule has 0 bridgehead atoms. The molecule has 0 saturated carbocycles. The first-order valence-corrected chi connectivity index (χ1v) is 28.3. The van der Waals surface area contributed by atoms with E-state index in [-0.39, 0.29) is 47.8 Å². The lowest BCUT2D eigenvalue weighted by atomic mass is 9.80. The quantitative estimate of drug-likeness (QED) is 0.0590. The number of ether oxygens (including phenoxy) is 10. The molecular weight excluding hydrogens is 997 g/mol. The van der Waals surface area contributed by atoms with Crippen molar-refractivity contribution in [2.24, 2.45) is 0 Å². The summed E-state index contributed by atoms with van der Waals surface area (Å²) >= 11 is 0. The molecule has 0 spiro atoms. The average Bonchev–Trinajstić information content (AvgIpc) is 4.07. The number of aromatic nitrogens is 4. The van der Waals surface area contributed by atoms with Gasteiger partial charge in [-0.15, -0.1) is 0 Å². The standard InChI is InChI=1S/C56H72N4O15Si/c1-31(2)76(32(3)4,33(5)6)51(63)48-45-47(75-55(9,10)73-45)50(71-48)59-37(26-42(61)57-52(59)64)28-68-30-41-44-46(74-54(7,8)72-44)49(70-41)60-38(27-43(62)58-53(60)65)29-69-56(34-16-14-13-15-17-34,35-18-22-39(66-11)23-19-35)36-20-24-40(67-12)25-21-36/h13-27,31-33,41,44-51,63H,28-30H2,1-12H3,(H,57,61,64)(H,58,62,65)/t41-,44-,45+,46-,47-,48+,49-,50-,51?/m1/s1. The smallest absolute Gasteiger partial charge is 0.330 e. The molecular formula is C56H72N4O15Si. The van der Waals surface area contributed by atoms with Gasteiger partial charge in [0.15, 0.2) is 24.0 Å². The number of nitrogens with zero attached hydrogens (tertiary/aromatic N) is 2. The third-order valence-corrected chi connectivity index (χ3v) is 23.1. The monoisotopic (exact) mass is 1070 g/mol. The number of fused-ring (bicyclic) bond motifs is 2. The van der Waals surface area contributed by atoms with Gasteiger partial charge in [-0.2, -0.15) is 0 Å². The van der Waals surface area contributed by atoms with E-state index in [1.165, 1.54) is 21.3 Å². The molecule has 2 aromatic heterocycles. The Labute approximate surface area is 442 Å². The van der Waals surface area contributed by atoms with Gasteiger partial charge >= 0.3 is 11.4 Å². The SMILES string of the molecule is COc1ccc(C(OCc2cc(=O)[nH]c(=O)n2[C@@H]2O[C@H](COCc3cc(=O)[nH]c(=O)n3[C@@H]3O[C@H](C(O)[Si](C(C)C)(C(C)C)C(C)C)[C@H]4OC(C)(C)O[C@H]43)[C@H]3OC(C)(C)O[C@H]32)(c2ccccc2)c2ccc(OC)cc2)cc1. The summed E-state index contributed by atoms with van der Waals surface area (Å²) in [5.74, 6) is -0.937. The van der Waals surface area contributed by atoms with Crippen molar-refractivity contribution in [1.82, 2.24) is 19.1 Å². The van der Waals surface area contributed by atoms with Crippen LogP contribution in [0.25, 0.3) is 0 Å². The Morgan fingerprint density at radius 1 is 0.605 bits per heavy atom. The van der Waals surface area contributed by atoms with Crippen LogP contribution in [0.4, 0.5) is 0 Å². The van der Waals surface area contributed by atoms with E-state index in [4.69, 9.17) is 47.4 Å². The molecule has 5 aromatic rings. The highest BCUT2D eigenvalue weighted by molar-refractivity contribution is 6.84. The van der Waals surface area contributed by atoms with Crippen LogP contribution in [0.5, 0.6) is 11.5 Å². The molecule has 0 aliphatic carbocycles. The number of H-pyrrole nitrogens is 2. The fourth-order valence-corrected chi connectivity index (χ4v) is 19.7. The van der Waals surface area contributed by atoms with Crippen LogP contribution in [0.1, 0.15) is 110 Å². The van der Waals surface area contributed by atoms with Crippen LogP contribution in [-0.4, -0.2) is 107 Å². The fraction of sp³-hybridized carbons (Fsp3) is 0.536. The number of hydrogen-bond donors (Lipinski definition) is 3. The van der Waals surface area contributed by atoms with Gasteiger partial charge in [-0.3, -0.25) is 28.7 Å². The summed E-state index contributed by atoms with van der Waals surface area (Å²) in [5.41, 5.74) is -1.96. The normalized spacial score (nSPS) is 25.3. The van der Waals surface area contributed by atoms with E-state index in [1.54, 1.807) is 41.9 Å². The minimum atomic E-state index is -2.59. The topological polar surface area (TPSA) is 222 Å². The number of nitrogens with one attached hydrogen (secondary N) is 2. The maximum absolute atomic E-state index is 14.3. The van der Waals surface area contributed by atoms with Crippen LogP contribution < -0.4 is 32.0 Å². The Morgan fingerprint density at radius 2 is 1.04 bits per heavy atom. The molecule has 0 radical (unpaired) electrons. The predicted octanol–water partition coefficient (Wildman–Crippen LogP) is 6.54. The molecule has 9 rings (SSSR count). The first-order chi connectivity index (χ1) is 36.0. The molecule has 19 nitrogen and oxygen atoms in total. The number of methoxy groups -OCH3 is 2. The molecule has 6 heterocycles. The molecule has 4 aliphatic heterocycles. The minimum Gasteiger partial charge on any atom is -0.497 e. The summed E-state index contributed by atoms with van der Waals surface area (Å²) < 4.78 is 66.5. The molecule has 4 aliphatic rings. The van der Waals surface area contributed by atoms with Gasteiger partial charge in [0, 0.05) is 12.1 Å². The Morgan fingerprint density at radius 3 is 1.53 bits per heavy atom. The summed E-state index contributed by atoms with van der Waals surface area (Å²) in [7, 11) is 0.584. The van der Waals surface area contributed by atoms with Crippen molar-refractivity contribution >= 4 is 8.07 Å². The maximum atomic E-state index is 14.3. The van der Waals surface area contributed by atoms with Crippen molar-refractivity contribution in [2.45, 2.75) is 171 Å². The fourth-order valence-electron chi connectivity index (χ4n) is 12.8. The zero-order valence-corrected chi connectivity index (χ0v) is 46.3. The van der Waals surface area contributed by atoms with Gasteiger partial charge in [-0.1, -0.05) is 96.1 Å². The van der Waals surface area contributed by atoms with Crippen LogP contribution in [0, 0.1) is 0 Å². The van der Waals surface area contributed by atoms with E-state index in [9.17, 15) is 24.3 Å². The van der Waals surface area contributed by atoms with Crippen molar-refractivity contribution < 1.29 is 52.5 Å². The van der Waals surface area contributed by atoms with Crippen LogP contribution in [0.15, 0.2) is 110 Å². The lowest BCUT2D eigenvalue weighted by Crippen LogP contribution is -2.62. The molecule has 0 amide bonds. The Kier molecular flexibility index (Phi) is 15.5. The van der Waals surface area contributed by atoms with E-state index in [1.807, 2.05) is 78.9 Å². The molecule has 410 valence electrons. The highest BCUT2D eigenvalue weighted by atomic mass is 28.3. The van der Waals surface area contributed by atoms with Crippen molar-refractivity contribution in [1.29, 1.82) is 0 Å². The second-order valence-corrected chi connectivity index (χ2v) is 28.1. The summed E-state index contributed by atoms with van der Waals surface area (Å²) in [6.45, 7) is 19.2. The van der Waals surface area contributed by atoms with Crippen molar-refractivity contribution in [3.63, 3.8) is 0 Å². The number of aliphatic hydroxyl groups excluding tert-OH is 1. The highest BCUT2D eigenvalue weighted by Crippen LogP contribution is 2.51. The first-order valence-electron chi connectivity index (χ1n) is 26.0. The van der Waals surface area contributed by atoms with Gasteiger partial charge in [0.25, 0.3) is 11.1 Å². The van der Waals surface area contributed by atoms with E-state index in [0.29, 0.717) is 11.5 Å². The number of benzene rings is 3. The Hall–Kier alpha value is -5.52. The molecule has 9 atom stereocenters. The molecule has 4 saturated heterocycles. The van der Waals surface area contributed by atoms with E-state index in [2.05, 4.69) is 51.5 Å². The highest BCUT2D eigenvalue weighted by Gasteiger charge is 2.63. The molecule has 3 N–H and O–H groups in total. The predicted molar refractivity (Wildman–Crippen MR) is 282 cm³/mol. The molecule has 1 unspecified atom stereocenters. The van der Waals surface area contributed by atoms with Crippen LogP contribution in [-0.2, 0) is 56.7 Å². The van der Waals surface area contributed by atoms with Crippen molar-refractivity contribution in [3.8, 4) is 11.5 Å². The second-order valence-electron chi connectivity index (χ2n) is 22.0. The lowest BCUT2D eigenvalue weighted by molar-refractivity contribution is -0.205. The number of hydrogen-bond acceptors (Lipinski definition) is 15. The maximum Gasteiger partial charge on any atom is 0.330 e. The second kappa shape index (κ2) is 21.4. The van der Waals surface area contributed by atoms with E-state index >= 15 is 0 Å². The number of rotatable bonds is 19. The van der Waals surface area contributed by atoms with Crippen molar-refractivity contribution in [3.05, 3.63) is 161 Å². The van der Waals surface area contributed by atoms with Crippen molar-refractivity contribution in [2.75, 3.05) is 20.8 Å². The Balaban J connectivity index is 1.02. The van der Waals surface area contributed by atoms with Gasteiger partial charge in [-0.25, -0.2) is 9.59 Å².